The minimum Gasteiger partial charge on any atom is -0.449 e. The van der Waals surface area contributed by atoms with E-state index in [9.17, 15) is 14.4 Å². The molecule has 0 radical (unpaired) electrons. The summed E-state index contributed by atoms with van der Waals surface area (Å²) in [6.07, 6.45) is 1.80. The van der Waals surface area contributed by atoms with Crippen molar-refractivity contribution >= 4 is 17.9 Å². The Labute approximate surface area is 230 Å². The van der Waals surface area contributed by atoms with Gasteiger partial charge >= 0.3 is 6.09 Å². The predicted molar refractivity (Wildman–Crippen MR) is 148 cm³/mol. The molecule has 0 aliphatic heterocycles. The average molecular weight is 541 g/mol. The molecular weight excluding hydrogens is 500 g/mol. The molecule has 212 valence electrons. The minimum absolute atomic E-state index is 0.0127. The Morgan fingerprint density at radius 3 is 2.18 bits per heavy atom. The first-order valence-electron chi connectivity index (χ1n) is 13.4. The largest absolute Gasteiger partial charge is 0.449 e. The molecule has 4 N–H and O–H groups in total. The van der Waals surface area contributed by atoms with E-state index in [1.54, 1.807) is 7.05 Å². The van der Waals surface area contributed by atoms with E-state index in [4.69, 9.17) is 14.2 Å². The Morgan fingerprint density at radius 1 is 0.846 bits per heavy atom. The quantitative estimate of drug-likeness (QED) is 0.227. The zero-order valence-electron chi connectivity index (χ0n) is 22.8. The number of hydrogen-bond donors (Lipinski definition) is 4. The maximum Gasteiger partial charge on any atom is 0.407 e. The van der Waals surface area contributed by atoms with E-state index >= 15 is 0 Å². The van der Waals surface area contributed by atoms with Crippen LogP contribution in [0, 0.1) is 0 Å². The molecule has 0 saturated heterocycles. The van der Waals surface area contributed by atoms with Crippen LogP contribution in [0.15, 0.2) is 48.5 Å². The molecule has 1 atom stereocenters. The number of benzene rings is 2. The lowest BCUT2D eigenvalue weighted by molar-refractivity contribution is -0.131. The lowest BCUT2D eigenvalue weighted by Crippen LogP contribution is -2.46. The van der Waals surface area contributed by atoms with Crippen LogP contribution in [-0.2, 0) is 23.8 Å². The van der Waals surface area contributed by atoms with Gasteiger partial charge in [-0.05, 0) is 55.1 Å². The first-order valence-corrected chi connectivity index (χ1v) is 13.4. The number of carbonyl (C=O) groups is 3. The highest BCUT2D eigenvalue weighted by Crippen LogP contribution is 2.44. The van der Waals surface area contributed by atoms with E-state index in [0.717, 1.165) is 30.5 Å². The molecule has 1 aliphatic rings. The summed E-state index contributed by atoms with van der Waals surface area (Å²) in [5.74, 6) is -0.562. The number of unbranched alkanes of at least 4 members (excludes halogenated alkanes) is 1. The number of likely N-dealkylation sites (N-methyl/N-ethyl adjacent to an activating group) is 1. The topological polar surface area (TPSA) is 127 Å². The number of ether oxygens (including phenoxy) is 3. The summed E-state index contributed by atoms with van der Waals surface area (Å²) in [5.41, 5.74) is 4.69. The summed E-state index contributed by atoms with van der Waals surface area (Å²) in [6.45, 7) is 2.01. The number of carbonyl (C=O) groups excluding carboxylic acids is 3. The molecule has 0 bridgehead atoms. The number of amides is 3. The van der Waals surface area contributed by atoms with Crippen molar-refractivity contribution in [1.29, 1.82) is 0 Å². The normalized spacial score (nSPS) is 12.8. The smallest absolute Gasteiger partial charge is 0.407 e. The Balaban J connectivity index is 1.24. The summed E-state index contributed by atoms with van der Waals surface area (Å²) >= 11 is 0. The molecule has 1 aliphatic carbocycles. The lowest BCUT2D eigenvalue weighted by Gasteiger charge is -2.17. The fraction of sp³-hybridized carbons (Fsp3) is 0.483. The van der Waals surface area contributed by atoms with Gasteiger partial charge < -0.3 is 35.5 Å². The van der Waals surface area contributed by atoms with E-state index in [0.29, 0.717) is 13.0 Å². The molecule has 0 fully saturated rings. The van der Waals surface area contributed by atoms with Gasteiger partial charge in [-0.2, -0.15) is 0 Å². The van der Waals surface area contributed by atoms with Crippen molar-refractivity contribution in [3.8, 4) is 11.1 Å². The Kier molecular flexibility index (Phi) is 12.7. The fourth-order valence-corrected chi connectivity index (χ4v) is 4.59. The third-order valence-corrected chi connectivity index (χ3v) is 6.53. The highest BCUT2D eigenvalue weighted by atomic mass is 16.6. The van der Waals surface area contributed by atoms with Crippen LogP contribution in [0.4, 0.5) is 4.79 Å². The van der Waals surface area contributed by atoms with Crippen LogP contribution in [0.5, 0.6) is 0 Å². The van der Waals surface area contributed by atoms with Gasteiger partial charge in [0.2, 0.25) is 11.8 Å². The Bertz CT molecular complexity index is 1030. The minimum atomic E-state index is -0.580. The molecule has 0 spiro atoms. The van der Waals surface area contributed by atoms with Gasteiger partial charge in [0, 0.05) is 19.5 Å². The Morgan fingerprint density at radius 2 is 1.51 bits per heavy atom. The second-order valence-corrected chi connectivity index (χ2v) is 9.25. The summed E-state index contributed by atoms with van der Waals surface area (Å²) < 4.78 is 16.3. The molecule has 2 aromatic carbocycles. The van der Waals surface area contributed by atoms with E-state index in [1.807, 2.05) is 31.3 Å². The van der Waals surface area contributed by atoms with Crippen LogP contribution in [-0.4, -0.2) is 84.2 Å². The number of nitrogens with one attached hydrogen (secondary N) is 4. The zero-order chi connectivity index (χ0) is 27.9. The predicted octanol–water partition coefficient (Wildman–Crippen LogP) is 2.18. The van der Waals surface area contributed by atoms with Crippen LogP contribution in [0.25, 0.3) is 11.1 Å². The van der Waals surface area contributed by atoms with Crippen molar-refractivity contribution < 1.29 is 28.6 Å². The highest BCUT2D eigenvalue weighted by molar-refractivity contribution is 5.87. The molecule has 10 heteroatoms. The first kappa shape index (κ1) is 30.1. The van der Waals surface area contributed by atoms with Crippen molar-refractivity contribution in [3.05, 3.63) is 59.7 Å². The second kappa shape index (κ2) is 16.5. The van der Waals surface area contributed by atoms with Gasteiger partial charge in [0.1, 0.15) is 19.3 Å². The second-order valence-electron chi connectivity index (χ2n) is 9.25. The van der Waals surface area contributed by atoms with E-state index in [1.165, 1.54) is 11.1 Å². The number of hydrogen-bond acceptors (Lipinski definition) is 7. The van der Waals surface area contributed by atoms with Gasteiger partial charge in [-0.25, -0.2) is 4.79 Å². The van der Waals surface area contributed by atoms with Crippen molar-refractivity contribution in [2.45, 2.75) is 31.2 Å². The standard InChI is InChI=1S/C29H40N4O6/c1-30-14-8-7-13-26(28(35)31-2)33-27(34)20-38-18-17-37-16-15-32-29(36)39-19-25-23-11-5-3-9-21(23)22-10-4-6-12-24(22)25/h3-6,9-12,25-26,30H,7-8,13-20H2,1-2H3,(H,31,35)(H,32,36)(H,33,34). The van der Waals surface area contributed by atoms with E-state index < -0.39 is 12.1 Å². The van der Waals surface area contributed by atoms with Gasteiger partial charge in [-0.15, -0.1) is 0 Å². The molecule has 0 saturated carbocycles. The van der Waals surface area contributed by atoms with Gasteiger partial charge in [-0.1, -0.05) is 48.5 Å². The molecule has 2 aromatic rings. The van der Waals surface area contributed by atoms with Crippen molar-refractivity contribution in [2.75, 3.05) is 60.2 Å². The number of rotatable bonds is 17. The number of alkyl carbamates (subject to hydrolysis) is 1. The van der Waals surface area contributed by atoms with Crippen molar-refractivity contribution in [1.82, 2.24) is 21.3 Å². The van der Waals surface area contributed by atoms with Gasteiger partial charge in [-0.3, -0.25) is 9.59 Å². The summed E-state index contributed by atoms with van der Waals surface area (Å²) in [5, 5.41) is 11.0. The maximum absolute atomic E-state index is 12.2. The summed E-state index contributed by atoms with van der Waals surface area (Å²) in [4.78, 5) is 36.3. The van der Waals surface area contributed by atoms with E-state index in [2.05, 4.69) is 45.5 Å². The van der Waals surface area contributed by atoms with Crippen LogP contribution in [0.2, 0.25) is 0 Å². The fourth-order valence-electron chi connectivity index (χ4n) is 4.59. The van der Waals surface area contributed by atoms with Gasteiger partial charge in [0.05, 0.1) is 19.8 Å². The summed E-state index contributed by atoms with van der Waals surface area (Å²) in [6, 6.07) is 15.8. The van der Waals surface area contributed by atoms with E-state index in [-0.39, 0.29) is 50.8 Å². The molecule has 39 heavy (non-hydrogen) atoms. The van der Waals surface area contributed by atoms with Crippen LogP contribution in [0.1, 0.15) is 36.3 Å². The third kappa shape index (κ3) is 9.35. The van der Waals surface area contributed by atoms with Crippen LogP contribution in [0.3, 0.4) is 0 Å². The van der Waals surface area contributed by atoms with Crippen molar-refractivity contribution in [3.63, 3.8) is 0 Å². The van der Waals surface area contributed by atoms with Gasteiger partial charge in [0.25, 0.3) is 0 Å². The average Bonchev–Trinajstić information content (AvgIpc) is 3.28. The molecule has 0 heterocycles. The van der Waals surface area contributed by atoms with Crippen LogP contribution < -0.4 is 21.3 Å². The molecule has 0 aromatic heterocycles. The molecular formula is C29H40N4O6. The van der Waals surface area contributed by atoms with Crippen LogP contribution >= 0.6 is 0 Å². The van der Waals surface area contributed by atoms with Crippen molar-refractivity contribution in [2.24, 2.45) is 0 Å². The lowest BCUT2D eigenvalue weighted by atomic mass is 9.98. The molecule has 3 rings (SSSR count). The zero-order valence-corrected chi connectivity index (χ0v) is 22.8. The first-order chi connectivity index (χ1) is 19.0. The summed E-state index contributed by atoms with van der Waals surface area (Å²) in [7, 11) is 3.42. The number of fused-ring (bicyclic) bond motifs is 3. The highest BCUT2D eigenvalue weighted by Gasteiger charge is 2.29. The maximum atomic E-state index is 12.2. The SMILES string of the molecule is CNCCCCC(NC(=O)COCCOCCNC(=O)OCC1c2ccccc2-c2ccccc21)C(=O)NC. The third-order valence-electron chi connectivity index (χ3n) is 6.53. The molecule has 10 nitrogen and oxygen atoms in total. The molecule has 1 unspecified atom stereocenters. The van der Waals surface area contributed by atoms with Gasteiger partial charge in [0.15, 0.2) is 0 Å². The Hall–Kier alpha value is -3.47. The molecule has 3 amide bonds. The monoisotopic (exact) mass is 540 g/mol.